The van der Waals surface area contributed by atoms with Gasteiger partial charge in [-0.15, -0.1) is 0 Å². The van der Waals surface area contributed by atoms with Crippen molar-refractivity contribution in [2.75, 3.05) is 157 Å². The standard InChI is InChI=1S/6C15H30N4O3.8H2/c6*1-12-5-3-6-13(2)19(12)11-15(21)18-9-7-14(20)17-8-4-10-22-16;;;;;;;;/h6*12-13H,3-11,16H2,1-2H3,(H,17,20)(H,18,21);8*1H/t6*12-,13+;;;;;;;;/i7+1,9+1,14+1,15+1,19+1;7+1,9+1,14+1,15+1,18+1;1+1,2+1,12+1,13+1,19+1;1+1,2+1,12+1,13+1,18+1;1+1,2+1,9+1,15+1,19+1;1+1,2+1,9+1,15+1,18+1;;;;;;;;. The van der Waals surface area contributed by atoms with Gasteiger partial charge >= 0.3 is 0 Å². The van der Waals surface area contributed by atoms with Crippen LogP contribution in [0, 0.1) is 0 Å². The van der Waals surface area contributed by atoms with E-state index in [2.05, 4.69) is 205 Å². The Bertz CT molecular complexity index is 2610. The van der Waals surface area contributed by atoms with Crippen LogP contribution in [-0.4, -0.2) is 330 Å². The lowest BCUT2D eigenvalue weighted by molar-refractivity contribution is -0.125. The molecule has 6 aliphatic rings. The van der Waals surface area contributed by atoms with Gasteiger partial charge < -0.3 is 92.8 Å². The summed E-state index contributed by atoms with van der Waals surface area (Å²) in [5, 5.41) is 33.4. The fourth-order valence-corrected chi connectivity index (χ4v) is 16.8. The van der Waals surface area contributed by atoms with Gasteiger partial charge in [-0.05, 0) is 199 Å². The number of nitrogens with two attached hydrogens (primary N) is 6. The number of nitrogens with zero attached hydrogens (tertiary/aromatic N) is 6. The van der Waals surface area contributed by atoms with Gasteiger partial charge in [0, 0.05) is 201 Å². The van der Waals surface area contributed by atoms with Crippen molar-refractivity contribution in [3.8, 4) is 0 Å². The smallest absolute Gasteiger partial charge is 0.234 e. The Morgan fingerprint density at radius 1 is 0.197 bits per heavy atom. The van der Waals surface area contributed by atoms with Crippen molar-refractivity contribution in [2.24, 2.45) is 35.4 Å². The van der Waals surface area contributed by atoms with Gasteiger partial charge in [0.25, 0.3) is 0 Å². The van der Waals surface area contributed by atoms with Crippen LogP contribution in [0.25, 0.3) is 0 Å². The predicted octanol–water partition coefficient (Wildman–Crippen LogP) is 2.88. The van der Waals surface area contributed by atoms with E-state index in [9.17, 15) is 57.5 Å². The molecule has 6 rings (SSSR count). The molecule has 12 amide bonds. The first-order valence-corrected chi connectivity index (χ1v) is 48.9. The summed E-state index contributed by atoms with van der Waals surface area (Å²) in [6.07, 6.45) is 27.0. The summed E-state index contributed by atoms with van der Waals surface area (Å²) in [7, 11) is 0. The summed E-state index contributed by atoms with van der Waals surface area (Å²) < 4.78 is 0. The molecule has 6 heterocycles. The summed E-state index contributed by atoms with van der Waals surface area (Å²) in [6, 6.07) is 5.36. The normalized spacial score (nSPS) is 22.3. The molecule has 0 aromatic carbocycles. The Balaban J connectivity index is -0.000000246. The maximum absolute atomic E-state index is 12.0. The summed E-state index contributed by atoms with van der Waals surface area (Å²) in [4.78, 5) is 181. The van der Waals surface area contributed by atoms with Crippen LogP contribution < -0.4 is 99.2 Å². The number of carbonyl (C=O) groups is 12. The second-order valence-electron chi connectivity index (χ2n) is 35.9. The van der Waals surface area contributed by atoms with Crippen LogP contribution >= 0.6 is 0 Å². The lowest BCUT2D eigenvalue weighted by Crippen LogP contribution is -2.49. The second-order valence-corrected chi connectivity index (χ2v) is 35.9. The van der Waals surface area contributed by atoms with Gasteiger partial charge in [-0.1, -0.05) is 38.5 Å². The molecule has 132 heavy (non-hydrogen) atoms. The van der Waals surface area contributed by atoms with Gasteiger partial charge in [0.1, 0.15) is 0 Å². The van der Waals surface area contributed by atoms with E-state index in [1.807, 2.05) is 0 Å². The van der Waals surface area contributed by atoms with Crippen LogP contribution in [0.5, 0.6) is 0 Å². The molecule has 0 aromatic heterocycles. The van der Waals surface area contributed by atoms with Gasteiger partial charge in [-0.3, -0.25) is 86.9 Å². The average Bonchev–Trinajstić information content (AvgIpc) is 0.891. The Kier molecular flexibility index (Phi) is 72.7. The van der Waals surface area contributed by atoms with E-state index in [-0.39, 0.29) is 82.3 Å². The molecule has 42 nitrogen and oxygen atoms in total. The molecule has 0 bridgehead atoms. The highest BCUT2D eigenvalue weighted by molar-refractivity contribution is 5.84. The minimum atomic E-state index is -0.0722. The summed E-state index contributed by atoms with van der Waals surface area (Å²) in [6.45, 7) is 36.4. The van der Waals surface area contributed by atoms with Crippen LogP contribution in [0.3, 0.4) is 0 Å². The maximum atomic E-state index is 12.0. The van der Waals surface area contributed by atoms with Gasteiger partial charge in [0.15, 0.2) is 0 Å². The minimum absolute atomic E-state index is 0. The average molecular weight is 1930 g/mol. The van der Waals surface area contributed by atoms with Crippen LogP contribution in [0.15, 0.2) is 0 Å². The van der Waals surface area contributed by atoms with Crippen LogP contribution in [0.1, 0.15) is 287 Å². The van der Waals surface area contributed by atoms with E-state index in [4.69, 9.17) is 35.4 Å². The molecule has 12 atom stereocenters. The van der Waals surface area contributed by atoms with Crippen LogP contribution in [-0.2, 0) is 86.6 Å². The molecule has 24 N–H and O–H groups in total. The molecule has 42 heteroatoms. The first-order valence-electron chi connectivity index (χ1n) is 48.9. The quantitative estimate of drug-likeness (QED) is 0.0180. The molecule has 0 saturated carbocycles. The summed E-state index contributed by atoms with van der Waals surface area (Å²) in [5.74, 6) is 28.9. The maximum Gasteiger partial charge on any atom is 0.234 e. The Hall–Kier alpha value is -7.08. The van der Waals surface area contributed by atoms with E-state index in [1.54, 1.807) is 0 Å². The number of amides is 12. The SMILES string of the molecule is C[C@@H]1CCC[C@H](C)N1C[13C](=O)[15NH][13CH2][13CH2][13C](=O)NCCCON.C[C@@H]1CCC[C@H](C)[15N]1C[13C](=O)N[13CH2][13CH2][13C](=O)NCCCON.[13CH3][13C@@H]1CCC[13C@H]([13CH3])N1CC(=O)[15NH]CCC(=O)NCCCON.[13CH3][13C@@H]1CCC[13C@H]([13CH3])[15N]1CC(=O)NCCC(=O)NCCCON.[13CH3][C@@H]1CCC[C@H]([13CH3])N1C[13C](=O)[15NH][13CH2]CC(=O)NCCCON.[13CH3][C@@H]1CCC[C@H]([13CH3])[15N]1C[13C](=O)N[13CH2]CC(=O)NCCCON.[HH].[HH].[HH].[HH].[HH].[HH].[HH].[HH]. The van der Waals surface area contributed by atoms with E-state index >= 15 is 0 Å². The zero-order valence-corrected chi connectivity index (χ0v) is 82.6. The Labute approximate surface area is 800 Å². The van der Waals surface area contributed by atoms with Crippen molar-refractivity contribution in [3.05, 3.63) is 0 Å². The Morgan fingerprint density at radius 3 is 0.409 bits per heavy atom. The van der Waals surface area contributed by atoms with Crippen molar-refractivity contribution in [2.45, 2.75) is 348 Å². The van der Waals surface area contributed by atoms with Crippen molar-refractivity contribution >= 4 is 70.9 Å². The molecular formula is C90H196N24O18. The van der Waals surface area contributed by atoms with Gasteiger partial charge in [-0.2, -0.15) is 0 Å². The number of rotatable bonds is 54. The monoisotopic (exact) mass is 1930 g/mol. The summed E-state index contributed by atoms with van der Waals surface area (Å²) in [5.41, 5.74) is 0. The molecule has 6 fully saturated rings. The van der Waals surface area contributed by atoms with Crippen LogP contribution in [0.2, 0.25) is 0 Å². The van der Waals surface area contributed by atoms with Crippen molar-refractivity contribution in [1.29, 1.82) is 0 Å². The topological polar surface area (TPSA) is 580 Å². The largest absolute Gasteiger partial charge is 0.356 e. The zero-order chi connectivity index (χ0) is 98.2. The summed E-state index contributed by atoms with van der Waals surface area (Å²) >= 11 is 0. The molecule has 6 saturated heterocycles. The van der Waals surface area contributed by atoms with E-state index in [1.165, 1.54) is 38.5 Å². The first-order chi connectivity index (χ1) is 63.2. The highest BCUT2D eigenvalue weighted by atomic mass is 16.6. The van der Waals surface area contributed by atoms with Gasteiger partial charge in [0.05, 0.1) is 78.9 Å². The lowest BCUT2D eigenvalue weighted by atomic mass is 9.98. The third kappa shape index (κ3) is 61.1. The third-order valence-corrected chi connectivity index (χ3v) is 24.8. The highest BCUT2D eigenvalue weighted by Gasteiger charge is 2.32. The van der Waals surface area contributed by atoms with Gasteiger partial charge in [-0.25, -0.2) is 35.4 Å². The highest BCUT2D eigenvalue weighted by Crippen LogP contribution is 2.27. The second kappa shape index (κ2) is 78.0. The van der Waals surface area contributed by atoms with Crippen molar-refractivity contribution in [1.82, 2.24) is 93.2 Å². The number of piperidine rings is 6. The molecule has 0 aliphatic carbocycles. The third-order valence-electron chi connectivity index (χ3n) is 24.8. The number of likely N-dealkylation sites (tertiary alicyclic amines) is 6. The molecular weight excluding hydrogens is 1730 g/mol. The molecule has 0 unspecified atom stereocenters. The molecule has 6 aliphatic heterocycles. The number of hydrogen-bond acceptors (Lipinski definition) is 30. The van der Waals surface area contributed by atoms with Crippen molar-refractivity contribution < 1.29 is 98.0 Å². The number of nitrogens with one attached hydrogen (secondary N) is 12. The number of carbonyl (C=O) groups excluding carboxylic acids is 12. The molecule has 0 spiro atoms. The van der Waals surface area contributed by atoms with Gasteiger partial charge in [0.2, 0.25) is 70.9 Å². The molecule has 0 aromatic rings. The fourth-order valence-electron chi connectivity index (χ4n) is 16.8. The van der Waals surface area contributed by atoms with E-state index < -0.39 is 0 Å². The van der Waals surface area contributed by atoms with E-state index in [0.29, 0.717) is 307 Å². The molecule has 0 radical (unpaired) electrons. The number of hydrogen-bond donors (Lipinski definition) is 18. The lowest BCUT2D eigenvalue weighted by Gasteiger charge is -2.38. The minimum Gasteiger partial charge on any atom is -0.356 e. The van der Waals surface area contributed by atoms with Crippen molar-refractivity contribution in [3.63, 3.8) is 0 Å². The fraction of sp³-hybridized carbons (Fsp3) is 0.867. The zero-order valence-electron chi connectivity index (χ0n) is 82.6. The predicted molar refractivity (Wildman–Crippen MR) is 526 cm³/mol. The first kappa shape index (κ1) is 123. The Morgan fingerprint density at radius 2 is 0.303 bits per heavy atom. The molecule has 784 valence electrons. The van der Waals surface area contributed by atoms with Crippen LogP contribution in [0.4, 0.5) is 0 Å². The van der Waals surface area contributed by atoms with E-state index in [0.717, 1.165) is 77.0 Å².